The minimum Gasteiger partial charge on any atom is -0.329 e. The van der Waals surface area contributed by atoms with Crippen LogP contribution in [0.4, 0.5) is 0 Å². The Morgan fingerprint density at radius 2 is 2.00 bits per heavy atom. The Bertz CT molecular complexity index is 705. The number of rotatable bonds is 4. The fourth-order valence-electron chi connectivity index (χ4n) is 2.50. The molecule has 0 bridgehead atoms. The molecule has 1 atom stereocenters. The van der Waals surface area contributed by atoms with Crippen molar-refractivity contribution in [2.45, 2.75) is 19.0 Å². The molecule has 4 nitrogen and oxygen atoms in total. The lowest BCUT2D eigenvalue weighted by molar-refractivity contribution is 0.0688. The molecule has 0 unspecified atom stereocenters. The first kappa shape index (κ1) is 14.7. The molecule has 0 aliphatic carbocycles. The highest BCUT2D eigenvalue weighted by Crippen LogP contribution is 2.24. The lowest BCUT2D eigenvalue weighted by Crippen LogP contribution is -2.40. The molecule has 3 heterocycles. The maximum absolute atomic E-state index is 12.7. The third-order valence-electron chi connectivity index (χ3n) is 3.55. The van der Waals surface area contributed by atoms with Gasteiger partial charge in [-0.15, -0.1) is 22.7 Å². The third-order valence-corrected chi connectivity index (χ3v) is 7.02. The van der Waals surface area contributed by atoms with Gasteiger partial charge in [0.1, 0.15) is 0 Å². The fraction of sp³-hybridized carbons (Fsp3) is 0.357. The normalized spacial score (nSPS) is 20.5. The van der Waals surface area contributed by atoms with Gasteiger partial charge in [-0.1, -0.05) is 12.1 Å². The van der Waals surface area contributed by atoms with Gasteiger partial charge in [-0.25, -0.2) is 8.42 Å². The molecule has 0 spiro atoms. The summed E-state index contributed by atoms with van der Waals surface area (Å²) in [6.45, 7) is 0.481. The first-order valence-corrected chi connectivity index (χ1v) is 10.2. The van der Waals surface area contributed by atoms with Crippen LogP contribution < -0.4 is 0 Å². The van der Waals surface area contributed by atoms with Crippen molar-refractivity contribution in [3.63, 3.8) is 0 Å². The zero-order valence-electron chi connectivity index (χ0n) is 11.3. The van der Waals surface area contributed by atoms with Crippen molar-refractivity contribution >= 4 is 38.4 Å². The summed E-state index contributed by atoms with van der Waals surface area (Å²) >= 11 is 2.98. The summed E-state index contributed by atoms with van der Waals surface area (Å²) in [5.74, 6) is 0.187. The van der Waals surface area contributed by atoms with Crippen LogP contribution in [0.3, 0.4) is 0 Å². The van der Waals surface area contributed by atoms with Gasteiger partial charge in [-0.3, -0.25) is 4.79 Å². The summed E-state index contributed by atoms with van der Waals surface area (Å²) in [6.07, 6.45) is 0.533. The van der Waals surface area contributed by atoms with E-state index < -0.39 is 9.84 Å². The van der Waals surface area contributed by atoms with Gasteiger partial charge >= 0.3 is 0 Å². The van der Waals surface area contributed by atoms with Crippen LogP contribution in [0.2, 0.25) is 0 Å². The van der Waals surface area contributed by atoms with E-state index in [4.69, 9.17) is 0 Å². The molecule has 0 N–H and O–H groups in total. The monoisotopic (exact) mass is 341 g/mol. The minimum absolute atomic E-state index is 0.0690. The highest BCUT2D eigenvalue weighted by molar-refractivity contribution is 7.91. The summed E-state index contributed by atoms with van der Waals surface area (Å²) in [4.78, 5) is 16.1. The van der Waals surface area contributed by atoms with Crippen molar-refractivity contribution in [2.75, 3.05) is 11.5 Å². The quantitative estimate of drug-likeness (QED) is 0.859. The molecule has 0 radical (unpaired) electrons. The lowest BCUT2D eigenvalue weighted by Gasteiger charge is -2.27. The van der Waals surface area contributed by atoms with Gasteiger partial charge in [-0.2, -0.15) is 0 Å². The standard InChI is InChI=1S/C14H15NO3S3/c16-14(13-4-2-7-20-13)15(9-12-3-1-6-19-12)11-5-8-21(17,18)10-11/h1-4,6-7,11H,5,8-10H2/t11-/m0/s1. The summed E-state index contributed by atoms with van der Waals surface area (Å²) in [7, 11) is -3.01. The molecule has 1 aliphatic rings. The van der Waals surface area contributed by atoms with E-state index in [9.17, 15) is 13.2 Å². The largest absolute Gasteiger partial charge is 0.329 e. The Hall–Kier alpha value is -1.18. The number of hydrogen-bond acceptors (Lipinski definition) is 5. The van der Waals surface area contributed by atoms with Gasteiger partial charge in [0, 0.05) is 10.9 Å². The molecule has 112 valence electrons. The molecule has 1 amide bonds. The molecule has 2 aromatic rings. The first-order valence-electron chi connectivity index (χ1n) is 6.62. The minimum atomic E-state index is -3.01. The summed E-state index contributed by atoms with van der Waals surface area (Å²) in [5, 5.41) is 3.83. The predicted molar refractivity (Wildman–Crippen MR) is 85.6 cm³/mol. The molecule has 0 aromatic carbocycles. The summed E-state index contributed by atoms with van der Waals surface area (Å²) in [6, 6.07) is 7.33. The number of thiophene rings is 2. The van der Waals surface area contributed by atoms with E-state index in [-0.39, 0.29) is 23.5 Å². The van der Waals surface area contributed by atoms with Crippen LogP contribution in [0.25, 0.3) is 0 Å². The fourth-order valence-corrected chi connectivity index (χ4v) is 5.61. The Balaban J connectivity index is 1.86. The molecule has 1 aliphatic heterocycles. The number of nitrogens with zero attached hydrogens (tertiary/aromatic N) is 1. The van der Waals surface area contributed by atoms with Crippen LogP contribution >= 0.6 is 22.7 Å². The molecule has 1 fully saturated rings. The second-order valence-corrected chi connectivity index (χ2v) is 9.26. The van der Waals surface area contributed by atoms with Crippen molar-refractivity contribution in [2.24, 2.45) is 0 Å². The highest BCUT2D eigenvalue weighted by Gasteiger charge is 2.35. The van der Waals surface area contributed by atoms with E-state index in [0.29, 0.717) is 17.8 Å². The molecular formula is C14H15NO3S3. The first-order chi connectivity index (χ1) is 10.1. The average Bonchev–Trinajstić information content (AvgIpc) is 3.16. The van der Waals surface area contributed by atoms with Crippen LogP contribution in [0.15, 0.2) is 35.0 Å². The third kappa shape index (κ3) is 3.36. The van der Waals surface area contributed by atoms with Crippen LogP contribution in [-0.4, -0.2) is 36.8 Å². The van der Waals surface area contributed by atoms with Gasteiger partial charge in [0.05, 0.1) is 22.9 Å². The van der Waals surface area contributed by atoms with Crippen molar-refractivity contribution in [3.05, 3.63) is 44.8 Å². The lowest BCUT2D eigenvalue weighted by atomic mass is 10.2. The molecule has 7 heteroatoms. The Morgan fingerprint density at radius 1 is 1.24 bits per heavy atom. The van der Waals surface area contributed by atoms with Crippen LogP contribution in [0, 0.1) is 0 Å². The number of carbonyl (C=O) groups excluding carboxylic acids is 1. The van der Waals surface area contributed by atoms with Crippen molar-refractivity contribution in [3.8, 4) is 0 Å². The molecule has 1 saturated heterocycles. The number of hydrogen-bond donors (Lipinski definition) is 0. The van der Waals surface area contributed by atoms with E-state index >= 15 is 0 Å². The van der Waals surface area contributed by atoms with E-state index in [1.165, 1.54) is 11.3 Å². The van der Waals surface area contributed by atoms with Crippen molar-refractivity contribution in [1.82, 2.24) is 4.90 Å². The van der Waals surface area contributed by atoms with E-state index in [0.717, 1.165) is 4.88 Å². The molecule has 21 heavy (non-hydrogen) atoms. The van der Waals surface area contributed by atoms with Gasteiger partial charge in [-0.05, 0) is 29.3 Å². The van der Waals surface area contributed by atoms with Gasteiger partial charge in [0.25, 0.3) is 5.91 Å². The van der Waals surface area contributed by atoms with Gasteiger partial charge in [0.15, 0.2) is 9.84 Å². The molecule has 0 saturated carbocycles. The smallest absolute Gasteiger partial charge is 0.264 e. The zero-order valence-corrected chi connectivity index (χ0v) is 13.7. The Kier molecular flexibility index (Phi) is 4.14. The molecule has 2 aromatic heterocycles. The Morgan fingerprint density at radius 3 is 2.57 bits per heavy atom. The van der Waals surface area contributed by atoms with Crippen molar-refractivity contribution < 1.29 is 13.2 Å². The Labute approximate surface area is 131 Å². The SMILES string of the molecule is O=C(c1cccs1)N(Cc1cccs1)[C@H]1CCS(=O)(=O)C1. The molecular weight excluding hydrogens is 326 g/mol. The van der Waals surface area contributed by atoms with E-state index in [2.05, 4.69) is 0 Å². The van der Waals surface area contributed by atoms with Gasteiger partial charge < -0.3 is 4.90 Å². The van der Waals surface area contributed by atoms with Crippen LogP contribution in [0.1, 0.15) is 21.0 Å². The number of amides is 1. The zero-order chi connectivity index (χ0) is 14.9. The molecule has 3 rings (SSSR count). The maximum Gasteiger partial charge on any atom is 0.264 e. The second-order valence-electron chi connectivity index (χ2n) is 5.05. The van der Waals surface area contributed by atoms with Crippen molar-refractivity contribution in [1.29, 1.82) is 0 Å². The number of carbonyl (C=O) groups is 1. The average molecular weight is 341 g/mol. The van der Waals surface area contributed by atoms with Crippen LogP contribution in [-0.2, 0) is 16.4 Å². The van der Waals surface area contributed by atoms with E-state index in [1.807, 2.05) is 29.0 Å². The maximum atomic E-state index is 12.7. The topological polar surface area (TPSA) is 54.5 Å². The van der Waals surface area contributed by atoms with E-state index in [1.54, 1.807) is 22.3 Å². The summed E-state index contributed by atoms with van der Waals surface area (Å²) in [5.41, 5.74) is 0. The van der Waals surface area contributed by atoms with Crippen LogP contribution in [0.5, 0.6) is 0 Å². The van der Waals surface area contributed by atoms with Gasteiger partial charge in [0.2, 0.25) is 0 Å². The second kappa shape index (κ2) is 5.90. The highest BCUT2D eigenvalue weighted by atomic mass is 32.2. The summed E-state index contributed by atoms with van der Waals surface area (Å²) < 4.78 is 23.4. The number of sulfone groups is 1. The predicted octanol–water partition coefficient (Wildman–Crippen LogP) is 2.64.